The van der Waals surface area contributed by atoms with Crippen molar-refractivity contribution < 1.29 is 21.6 Å². The van der Waals surface area contributed by atoms with E-state index in [4.69, 9.17) is 11.6 Å². The van der Waals surface area contributed by atoms with Crippen LogP contribution in [0.1, 0.15) is 12.0 Å². The summed E-state index contributed by atoms with van der Waals surface area (Å²) in [5.41, 5.74) is 0.298. The summed E-state index contributed by atoms with van der Waals surface area (Å²) in [5.74, 6) is -3.69. The first kappa shape index (κ1) is 22.6. The molecule has 1 N–H and O–H groups in total. The molecule has 0 radical (unpaired) electrons. The minimum atomic E-state index is -4.73. The fourth-order valence-corrected chi connectivity index (χ4v) is 4.98. The molecule has 2 heterocycles. The zero-order chi connectivity index (χ0) is 22.2. The third kappa shape index (κ3) is 4.65. The average Bonchev–Trinajstić information content (AvgIpc) is 3.08. The molecule has 1 fully saturated rings. The highest BCUT2D eigenvalue weighted by Crippen LogP contribution is 2.37. The first-order chi connectivity index (χ1) is 14.0. The number of halogens is 4. The molecule has 2 aromatic rings. The molecule has 164 valence electrons. The van der Waals surface area contributed by atoms with Gasteiger partial charge in [-0.15, -0.1) is 0 Å². The maximum Gasteiger partial charge on any atom is 0.268 e. The number of aryl methyl sites for hydroxylation is 1. The van der Waals surface area contributed by atoms with Crippen molar-refractivity contribution >= 4 is 33.1 Å². The van der Waals surface area contributed by atoms with Gasteiger partial charge in [0.2, 0.25) is 5.95 Å². The van der Waals surface area contributed by atoms with Gasteiger partial charge in [0.25, 0.3) is 10.0 Å². The summed E-state index contributed by atoms with van der Waals surface area (Å²) in [7, 11) is -0.851. The van der Waals surface area contributed by atoms with Gasteiger partial charge in [-0.3, -0.25) is 4.72 Å². The second-order valence-electron chi connectivity index (χ2n) is 7.61. The molecule has 0 aliphatic carbocycles. The molecule has 1 atom stereocenters. The number of hydrogen-bond donors (Lipinski definition) is 1. The number of benzene rings is 1. The van der Waals surface area contributed by atoms with Crippen LogP contribution in [0.4, 0.5) is 24.7 Å². The Morgan fingerprint density at radius 3 is 2.63 bits per heavy atom. The Balaban J connectivity index is 1.91. The van der Waals surface area contributed by atoms with Crippen molar-refractivity contribution in [2.45, 2.75) is 18.2 Å². The van der Waals surface area contributed by atoms with Crippen LogP contribution in [0.5, 0.6) is 0 Å². The topological polar surface area (TPSA) is 65.5 Å². The van der Waals surface area contributed by atoms with E-state index in [0.717, 1.165) is 19.0 Å². The Morgan fingerprint density at radius 2 is 2.00 bits per heavy atom. The van der Waals surface area contributed by atoms with Crippen LogP contribution in [0.25, 0.3) is 0 Å². The maximum atomic E-state index is 14.9. The third-order valence-corrected chi connectivity index (χ3v) is 6.64. The van der Waals surface area contributed by atoms with Gasteiger partial charge in [-0.25, -0.2) is 22.2 Å². The van der Waals surface area contributed by atoms with Crippen LogP contribution in [0.15, 0.2) is 23.1 Å². The van der Waals surface area contributed by atoms with Crippen LogP contribution in [-0.4, -0.2) is 52.0 Å². The van der Waals surface area contributed by atoms with E-state index in [0.29, 0.717) is 19.0 Å². The molecular formula is C19H22ClF3N4O2S. The van der Waals surface area contributed by atoms with Crippen molar-refractivity contribution in [1.82, 2.24) is 9.88 Å². The average molecular weight is 463 g/mol. The highest BCUT2D eigenvalue weighted by molar-refractivity contribution is 7.92. The van der Waals surface area contributed by atoms with E-state index in [9.17, 15) is 21.6 Å². The van der Waals surface area contributed by atoms with Crippen LogP contribution in [0, 0.1) is 30.4 Å². The molecule has 0 bridgehead atoms. The predicted molar refractivity (Wildman–Crippen MR) is 110 cm³/mol. The minimum Gasteiger partial charge on any atom is -0.370 e. The largest absolute Gasteiger partial charge is 0.370 e. The van der Waals surface area contributed by atoms with Gasteiger partial charge >= 0.3 is 0 Å². The van der Waals surface area contributed by atoms with E-state index >= 15 is 0 Å². The molecule has 1 unspecified atom stereocenters. The van der Waals surface area contributed by atoms with Gasteiger partial charge < -0.3 is 9.80 Å². The Bertz CT molecular complexity index is 1070. The lowest BCUT2D eigenvalue weighted by Gasteiger charge is -2.22. The van der Waals surface area contributed by atoms with Gasteiger partial charge in [-0.05, 0) is 39.4 Å². The molecule has 1 aromatic heterocycles. The van der Waals surface area contributed by atoms with Gasteiger partial charge in [-0.2, -0.15) is 4.39 Å². The fourth-order valence-electron chi connectivity index (χ4n) is 3.51. The van der Waals surface area contributed by atoms with Gasteiger partial charge in [0, 0.05) is 31.3 Å². The van der Waals surface area contributed by atoms with Gasteiger partial charge in [0.05, 0.1) is 5.69 Å². The molecule has 30 heavy (non-hydrogen) atoms. The Morgan fingerprint density at radius 1 is 1.30 bits per heavy atom. The van der Waals surface area contributed by atoms with E-state index in [-0.39, 0.29) is 11.3 Å². The lowest BCUT2D eigenvalue weighted by Crippen LogP contribution is -2.26. The van der Waals surface area contributed by atoms with Crippen molar-refractivity contribution in [3.05, 3.63) is 46.4 Å². The Labute approximate surface area is 178 Å². The first-order valence-electron chi connectivity index (χ1n) is 9.22. The maximum absolute atomic E-state index is 14.9. The molecule has 6 nitrogen and oxygen atoms in total. The van der Waals surface area contributed by atoms with Crippen molar-refractivity contribution in [2.24, 2.45) is 5.92 Å². The van der Waals surface area contributed by atoms with Gasteiger partial charge in [0.15, 0.2) is 10.7 Å². The minimum absolute atomic E-state index is 0.103. The van der Waals surface area contributed by atoms with Crippen molar-refractivity contribution in [3.63, 3.8) is 0 Å². The zero-order valence-electron chi connectivity index (χ0n) is 16.7. The summed E-state index contributed by atoms with van der Waals surface area (Å²) in [6.07, 6.45) is 0.823. The summed E-state index contributed by atoms with van der Waals surface area (Å²) >= 11 is 6.10. The van der Waals surface area contributed by atoms with Gasteiger partial charge in [-0.1, -0.05) is 17.7 Å². The number of hydrogen-bond acceptors (Lipinski definition) is 5. The molecule has 1 aliphatic rings. The Hall–Kier alpha value is -2.04. The van der Waals surface area contributed by atoms with E-state index in [1.165, 1.54) is 19.1 Å². The van der Waals surface area contributed by atoms with Crippen LogP contribution in [0.2, 0.25) is 5.02 Å². The SMILES string of the molecule is Cc1ccc(NS(=O)(=O)c2c(F)cc(N3CCC(CN(C)C)C3)c(Cl)c2F)nc1F. The van der Waals surface area contributed by atoms with Crippen molar-refractivity contribution in [1.29, 1.82) is 0 Å². The molecule has 0 spiro atoms. The standard InChI is InChI=1S/C19H22ClF3N4O2S/c1-11-4-5-15(24-19(11)23)25-30(28,29)18-13(21)8-14(16(20)17(18)22)27-7-6-12(10-27)9-26(2)3/h4-5,8,12H,6-7,9-10H2,1-3H3,(H,24,25). The number of aromatic nitrogens is 1. The van der Waals surface area contributed by atoms with E-state index in [2.05, 4.69) is 4.98 Å². The zero-order valence-corrected chi connectivity index (χ0v) is 18.3. The quantitative estimate of drug-likeness (QED) is 0.524. The molecule has 1 saturated heterocycles. The van der Waals surface area contributed by atoms with E-state index < -0.39 is 43.3 Å². The summed E-state index contributed by atoms with van der Waals surface area (Å²) in [6, 6.07) is 3.40. The van der Waals surface area contributed by atoms with E-state index in [1.54, 1.807) is 4.90 Å². The number of nitrogens with one attached hydrogen (secondary N) is 1. The number of sulfonamides is 1. The van der Waals surface area contributed by atoms with Crippen molar-refractivity contribution in [3.8, 4) is 0 Å². The normalized spacial score (nSPS) is 17.1. The highest BCUT2D eigenvalue weighted by atomic mass is 35.5. The number of pyridine rings is 1. The monoisotopic (exact) mass is 462 g/mol. The lowest BCUT2D eigenvalue weighted by atomic mass is 10.1. The molecule has 11 heteroatoms. The first-order valence-corrected chi connectivity index (χ1v) is 11.1. The number of nitrogens with zero attached hydrogens (tertiary/aromatic N) is 3. The second kappa shape index (κ2) is 8.60. The lowest BCUT2D eigenvalue weighted by molar-refractivity contribution is 0.340. The van der Waals surface area contributed by atoms with Crippen LogP contribution in [-0.2, 0) is 10.0 Å². The summed E-state index contributed by atoms with van der Waals surface area (Å²) in [4.78, 5) is 5.96. The summed E-state index contributed by atoms with van der Waals surface area (Å²) < 4.78 is 70.3. The summed E-state index contributed by atoms with van der Waals surface area (Å²) in [5, 5.41) is -0.481. The number of rotatable bonds is 6. The molecule has 0 amide bonds. The predicted octanol–water partition coefficient (Wildman–Crippen LogP) is 3.65. The number of anilines is 2. The molecule has 0 saturated carbocycles. The fraction of sp³-hybridized carbons (Fsp3) is 0.421. The van der Waals surface area contributed by atoms with Crippen LogP contribution in [0.3, 0.4) is 0 Å². The van der Waals surface area contributed by atoms with Crippen molar-refractivity contribution in [2.75, 3.05) is 43.4 Å². The Kier molecular flexibility index (Phi) is 6.49. The molecule has 1 aliphatic heterocycles. The third-order valence-electron chi connectivity index (χ3n) is 4.89. The highest BCUT2D eigenvalue weighted by Gasteiger charge is 2.32. The smallest absolute Gasteiger partial charge is 0.268 e. The molecular weight excluding hydrogens is 441 g/mol. The van der Waals surface area contributed by atoms with Crippen LogP contribution >= 0.6 is 11.6 Å². The van der Waals surface area contributed by atoms with Crippen LogP contribution < -0.4 is 9.62 Å². The van der Waals surface area contributed by atoms with Gasteiger partial charge in [0.1, 0.15) is 16.7 Å². The molecule has 3 rings (SSSR count). The van der Waals surface area contributed by atoms with E-state index in [1.807, 2.05) is 23.7 Å². The summed E-state index contributed by atoms with van der Waals surface area (Å²) in [6.45, 7) is 3.36. The second-order valence-corrected chi connectivity index (χ2v) is 9.60. The molecule has 1 aromatic carbocycles.